The Hall–Kier alpha value is -0.570. The Bertz CT molecular complexity index is 436. The number of carbonyl (C=O) groups excluding carboxylic acids is 1. The summed E-state index contributed by atoms with van der Waals surface area (Å²) in [4.78, 5) is 12.2. The van der Waals surface area contributed by atoms with Gasteiger partial charge in [0.2, 0.25) is 0 Å². The SMILES string of the molecule is NC1CC2CC1C1C3CC(C21)[C@@]1(CCOC1=O)C3. The molecule has 0 aromatic heterocycles. The molecule has 4 bridgehead atoms. The third-order valence-electron chi connectivity index (χ3n) is 7.27. The monoisotopic (exact) mass is 247 g/mol. The summed E-state index contributed by atoms with van der Waals surface area (Å²) in [6.07, 6.45) is 5.99. The largest absolute Gasteiger partial charge is 0.465 e. The fraction of sp³-hybridized carbons (Fsp3) is 0.933. The van der Waals surface area contributed by atoms with Crippen LogP contribution in [0.25, 0.3) is 0 Å². The van der Waals surface area contributed by atoms with Crippen molar-refractivity contribution < 1.29 is 9.53 Å². The van der Waals surface area contributed by atoms with E-state index in [4.69, 9.17) is 10.5 Å². The molecule has 5 fully saturated rings. The van der Waals surface area contributed by atoms with E-state index >= 15 is 0 Å². The maximum atomic E-state index is 12.2. The number of carbonyl (C=O) groups is 1. The van der Waals surface area contributed by atoms with Gasteiger partial charge in [-0.25, -0.2) is 0 Å². The summed E-state index contributed by atoms with van der Waals surface area (Å²) < 4.78 is 5.33. The van der Waals surface area contributed by atoms with Crippen molar-refractivity contribution in [3.05, 3.63) is 0 Å². The highest BCUT2D eigenvalue weighted by atomic mass is 16.5. The normalized spacial score (nSPS) is 63.8. The summed E-state index contributed by atoms with van der Waals surface area (Å²) >= 11 is 0. The molecule has 1 saturated heterocycles. The van der Waals surface area contributed by atoms with E-state index < -0.39 is 0 Å². The molecule has 1 aliphatic heterocycles. The molecule has 1 spiro atoms. The maximum absolute atomic E-state index is 12.2. The van der Waals surface area contributed by atoms with E-state index in [0.29, 0.717) is 18.6 Å². The summed E-state index contributed by atoms with van der Waals surface area (Å²) in [5.74, 6) is 4.86. The van der Waals surface area contributed by atoms with E-state index in [1.165, 1.54) is 19.3 Å². The second-order valence-electron chi connectivity index (χ2n) is 7.56. The average molecular weight is 247 g/mol. The first-order valence-electron chi connectivity index (χ1n) is 7.63. The van der Waals surface area contributed by atoms with Gasteiger partial charge in [0.25, 0.3) is 0 Å². The van der Waals surface area contributed by atoms with Gasteiger partial charge in [-0.05, 0) is 67.6 Å². The lowest BCUT2D eigenvalue weighted by molar-refractivity contribution is -0.151. The van der Waals surface area contributed by atoms with E-state index in [-0.39, 0.29) is 11.4 Å². The van der Waals surface area contributed by atoms with E-state index in [2.05, 4.69) is 0 Å². The molecule has 0 amide bonds. The molecule has 0 aromatic rings. The van der Waals surface area contributed by atoms with Gasteiger partial charge in [0.1, 0.15) is 0 Å². The van der Waals surface area contributed by atoms with E-state index in [1.807, 2.05) is 0 Å². The fourth-order valence-electron chi connectivity index (χ4n) is 6.93. The first-order valence-corrected chi connectivity index (χ1v) is 7.63. The Kier molecular flexibility index (Phi) is 1.68. The zero-order valence-corrected chi connectivity index (χ0v) is 10.7. The van der Waals surface area contributed by atoms with Crippen molar-refractivity contribution in [2.24, 2.45) is 46.7 Å². The van der Waals surface area contributed by atoms with Crippen LogP contribution in [0.5, 0.6) is 0 Å². The van der Waals surface area contributed by atoms with Crippen LogP contribution in [-0.2, 0) is 9.53 Å². The number of hydrogen-bond acceptors (Lipinski definition) is 3. The van der Waals surface area contributed by atoms with Crippen LogP contribution >= 0.6 is 0 Å². The Labute approximate surface area is 107 Å². The fourth-order valence-corrected chi connectivity index (χ4v) is 6.93. The summed E-state index contributed by atoms with van der Waals surface area (Å²) in [7, 11) is 0. The van der Waals surface area contributed by atoms with Crippen LogP contribution in [-0.4, -0.2) is 18.6 Å². The predicted molar refractivity (Wildman–Crippen MR) is 65.4 cm³/mol. The molecular weight excluding hydrogens is 226 g/mol. The predicted octanol–water partition coefficient (Wildman–Crippen LogP) is 1.56. The quantitative estimate of drug-likeness (QED) is 0.522. The van der Waals surface area contributed by atoms with Crippen LogP contribution in [0.1, 0.15) is 32.1 Å². The lowest BCUT2D eigenvalue weighted by atomic mass is 9.60. The molecular formula is C15H21NO2. The van der Waals surface area contributed by atoms with Gasteiger partial charge in [-0.3, -0.25) is 4.79 Å². The number of rotatable bonds is 0. The summed E-state index contributed by atoms with van der Waals surface area (Å²) in [5.41, 5.74) is 6.23. The van der Waals surface area contributed by atoms with Gasteiger partial charge in [0, 0.05) is 6.04 Å². The van der Waals surface area contributed by atoms with Crippen molar-refractivity contribution in [1.29, 1.82) is 0 Å². The molecule has 2 N–H and O–H groups in total. The topological polar surface area (TPSA) is 52.3 Å². The molecule has 5 aliphatic rings. The molecule has 0 radical (unpaired) electrons. The van der Waals surface area contributed by atoms with Crippen LogP contribution in [0.2, 0.25) is 0 Å². The third kappa shape index (κ3) is 0.910. The summed E-state index contributed by atoms with van der Waals surface area (Å²) in [6.45, 7) is 0.674. The molecule has 8 atom stereocenters. The highest BCUT2D eigenvalue weighted by molar-refractivity contribution is 5.80. The van der Waals surface area contributed by atoms with Gasteiger partial charge in [0.15, 0.2) is 0 Å². The molecule has 98 valence electrons. The van der Waals surface area contributed by atoms with Gasteiger partial charge in [-0.2, -0.15) is 0 Å². The Morgan fingerprint density at radius 1 is 1.17 bits per heavy atom. The lowest BCUT2D eigenvalue weighted by Gasteiger charge is -2.43. The van der Waals surface area contributed by atoms with Crippen molar-refractivity contribution in [1.82, 2.24) is 0 Å². The minimum Gasteiger partial charge on any atom is -0.465 e. The van der Waals surface area contributed by atoms with Crippen molar-refractivity contribution in [2.45, 2.75) is 38.1 Å². The van der Waals surface area contributed by atoms with Crippen LogP contribution < -0.4 is 5.73 Å². The van der Waals surface area contributed by atoms with E-state index in [0.717, 1.165) is 42.4 Å². The van der Waals surface area contributed by atoms with Crippen LogP contribution in [0.15, 0.2) is 0 Å². The number of ether oxygens (including phenoxy) is 1. The standard InChI is InChI=1S/C15H21NO2/c16-11-5-7-3-9(11)12-8-4-10(13(7)12)15(6-8)1-2-18-14(15)17/h7-13H,1-6,16H2/t7?,8?,9?,10?,11?,12?,13?,15-/m1/s1. The van der Waals surface area contributed by atoms with Crippen LogP contribution in [0, 0.1) is 40.9 Å². The molecule has 4 aliphatic carbocycles. The molecule has 0 aromatic carbocycles. The van der Waals surface area contributed by atoms with Crippen molar-refractivity contribution in [3.8, 4) is 0 Å². The maximum Gasteiger partial charge on any atom is 0.312 e. The summed E-state index contributed by atoms with van der Waals surface area (Å²) in [6, 6.07) is 0.460. The zero-order chi connectivity index (χ0) is 12.1. The van der Waals surface area contributed by atoms with E-state index in [1.54, 1.807) is 0 Å². The second kappa shape index (κ2) is 2.95. The van der Waals surface area contributed by atoms with Gasteiger partial charge >= 0.3 is 5.97 Å². The van der Waals surface area contributed by atoms with Gasteiger partial charge in [0.05, 0.1) is 12.0 Å². The Morgan fingerprint density at radius 3 is 2.83 bits per heavy atom. The highest BCUT2D eigenvalue weighted by Gasteiger charge is 2.71. The molecule has 7 unspecified atom stereocenters. The number of cyclic esters (lactones) is 1. The smallest absolute Gasteiger partial charge is 0.312 e. The number of hydrogen-bond donors (Lipinski definition) is 1. The van der Waals surface area contributed by atoms with Gasteiger partial charge < -0.3 is 10.5 Å². The molecule has 5 rings (SSSR count). The van der Waals surface area contributed by atoms with Crippen LogP contribution in [0.3, 0.4) is 0 Å². The Morgan fingerprint density at radius 2 is 2.06 bits per heavy atom. The molecule has 1 heterocycles. The second-order valence-corrected chi connectivity index (χ2v) is 7.56. The molecule has 4 saturated carbocycles. The molecule has 3 nitrogen and oxygen atoms in total. The minimum absolute atomic E-state index is 0.0552. The Balaban J connectivity index is 1.55. The van der Waals surface area contributed by atoms with Crippen LogP contribution in [0.4, 0.5) is 0 Å². The minimum atomic E-state index is -0.0552. The van der Waals surface area contributed by atoms with Crippen molar-refractivity contribution in [2.75, 3.05) is 6.61 Å². The number of esters is 1. The van der Waals surface area contributed by atoms with Crippen molar-refractivity contribution in [3.63, 3.8) is 0 Å². The lowest BCUT2D eigenvalue weighted by Crippen LogP contribution is -2.46. The summed E-state index contributed by atoms with van der Waals surface area (Å²) in [5, 5.41) is 0. The van der Waals surface area contributed by atoms with Gasteiger partial charge in [-0.15, -0.1) is 0 Å². The average Bonchev–Trinajstić information content (AvgIpc) is 3.05. The molecule has 18 heavy (non-hydrogen) atoms. The number of nitrogens with two attached hydrogens (primary N) is 1. The third-order valence-corrected chi connectivity index (χ3v) is 7.27. The first-order chi connectivity index (χ1) is 8.71. The number of fused-ring (bicyclic) bond motifs is 10. The van der Waals surface area contributed by atoms with Gasteiger partial charge in [-0.1, -0.05) is 0 Å². The first kappa shape index (κ1) is 10.2. The van der Waals surface area contributed by atoms with Crippen molar-refractivity contribution >= 4 is 5.97 Å². The highest BCUT2D eigenvalue weighted by Crippen LogP contribution is 2.73. The zero-order valence-electron chi connectivity index (χ0n) is 10.7. The molecule has 3 heteroatoms. The van der Waals surface area contributed by atoms with E-state index in [9.17, 15) is 4.79 Å².